The molecule has 3 aromatic carbocycles. The van der Waals surface area contributed by atoms with Gasteiger partial charge in [0.25, 0.3) is 0 Å². The summed E-state index contributed by atoms with van der Waals surface area (Å²) in [6.45, 7) is 0. The number of hydrogen-bond acceptors (Lipinski definition) is 7. The average Bonchev–Trinajstić information content (AvgIpc) is 2.77. The number of carbonyl (C=O) groups excluding carboxylic acids is 1. The molecule has 0 spiro atoms. The molecule has 1 aliphatic rings. The quantitative estimate of drug-likeness (QED) is 0.299. The summed E-state index contributed by atoms with van der Waals surface area (Å²) in [6.07, 6.45) is 0. The third-order valence-electron chi connectivity index (χ3n) is 5.36. The molecule has 10 heteroatoms. The smallest absolute Gasteiger partial charge is 0.249 e. The number of H-pyrrole nitrogens is 1. The fourth-order valence-electron chi connectivity index (χ4n) is 4.00. The van der Waals surface area contributed by atoms with Crippen LogP contribution in [0.25, 0.3) is 22.0 Å². The van der Waals surface area contributed by atoms with Gasteiger partial charge in [-0.15, -0.1) is 0 Å². The fourth-order valence-corrected chi connectivity index (χ4v) is 5.10. The Balaban J connectivity index is 1.78. The zero-order chi connectivity index (χ0) is 22.6. The summed E-state index contributed by atoms with van der Waals surface area (Å²) in [5, 5.41) is 3.52. The minimum atomic E-state index is -3.11. The van der Waals surface area contributed by atoms with E-state index in [4.69, 9.17) is 0 Å². The Morgan fingerprint density at radius 3 is 2.16 bits per heavy atom. The van der Waals surface area contributed by atoms with E-state index >= 15 is 0 Å². The van der Waals surface area contributed by atoms with Gasteiger partial charge in [0.05, 0.1) is 26.7 Å². The highest BCUT2D eigenvalue weighted by molar-refractivity contribution is 7.73. The molecule has 0 saturated carbocycles. The number of fused-ring (bicyclic) bond motifs is 2. The van der Waals surface area contributed by atoms with Crippen LogP contribution < -0.4 is 10.9 Å². The second-order valence-electron chi connectivity index (χ2n) is 7.17. The predicted octanol–water partition coefficient (Wildman–Crippen LogP) is 2.42. The highest BCUT2D eigenvalue weighted by atomic mass is 32.2. The molecule has 32 heavy (non-hydrogen) atoms. The summed E-state index contributed by atoms with van der Waals surface area (Å²) in [4.78, 5) is 28.0. The lowest BCUT2D eigenvalue weighted by Crippen LogP contribution is -2.16. The molecule has 0 amide bonds. The molecule has 0 unspecified atom stereocenters. The van der Waals surface area contributed by atoms with Gasteiger partial charge in [0.1, 0.15) is 0 Å². The molecule has 0 saturated heterocycles. The van der Waals surface area contributed by atoms with E-state index < -0.39 is 21.4 Å². The number of pyridine rings is 1. The minimum Gasteiger partial charge on any atom is -0.354 e. The maximum absolute atomic E-state index is 13.4. The number of aromatic amines is 1. The summed E-state index contributed by atoms with van der Waals surface area (Å²) in [6, 6.07) is 15.3. The first kappa shape index (κ1) is 20.2. The first-order chi connectivity index (χ1) is 15.3. The molecule has 2 N–H and O–H groups in total. The molecule has 1 aromatic heterocycles. The van der Waals surface area contributed by atoms with E-state index in [-0.39, 0.29) is 26.8 Å². The van der Waals surface area contributed by atoms with Crippen LogP contribution in [0.15, 0.2) is 75.2 Å². The maximum Gasteiger partial charge on any atom is 0.249 e. The number of hydrogen-bond donors (Lipinski definition) is 4. The van der Waals surface area contributed by atoms with Crippen LogP contribution in [0.5, 0.6) is 0 Å². The summed E-state index contributed by atoms with van der Waals surface area (Å²) < 4.78 is 46.1. The molecule has 0 radical (unpaired) electrons. The van der Waals surface area contributed by atoms with Gasteiger partial charge >= 0.3 is 0 Å². The lowest BCUT2D eigenvalue weighted by atomic mass is 9.83. The minimum absolute atomic E-state index is 0.134. The van der Waals surface area contributed by atoms with Gasteiger partial charge in [0.2, 0.25) is 5.56 Å². The van der Waals surface area contributed by atoms with Crippen LogP contribution in [-0.4, -0.2) is 27.6 Å². The second kappa shape index (κ2) is 7.43. The SMILES string of the molecule is O=C1c2ccccc2-c2cc(=O)[nH]c3ccc(Nc4ccc([SH](=O)=O)cc4[SH](=O)=O)c1c23. The molecular formula is C22H14N2O6S2. The summed E-state index contributed by atoms with van der Waals surface area (Å²) >= 11 is 0. The van der Waals surface area contributed by atoms with E-state index in [9.17, 15) is 26.4 Å². The molecular weight excluding hydrogens is 452 g/mol. The van der Waals surface area contributed by atoms with Gasteiger partial charge in [0.15, 0.2) is 27.2 Å². The number of carbonyl (C=O) groups is 1. The third-order valence-corrected chi connectivity index (χ3v) is 6.82. The van der Waals surface area contributed by atoms with Crippen LogP contribution in [0, 0.1) is 0 Å². The van der Waals surface area contributed by atoms with E-state index in [1.54, 1.807) is 36.4 Å². The van der Waals surface area contributed by atoms with Crippen LogP contribution in [0.4, 0.5) is 11.4 Å². The molecule has 1 heterocycles. The predicted molar refractivity (Wildman–Crippen MR) is 120 cm³/mol. The van der Waals surface area contributed by atoms with Crippen molar-refractivity contribution in [3.63, 3.8) is 0 Å². The number of nitrogens with one attached hydrogen (secondary N) is 2. The second-order valence-corrected chi connectivity index (χ2v) is 9.20. The van der Waals surface area contributed by atoms with Gasteiger partial charge in [-0.25, -0.2) is 16.8 Å². The van der Waals surface area contributed by atoms with Crippen molar-refractivity contribution in [1.82, 2.24) is 4.98 Å². The van der Waals surface area contributed by atoms with Crippen molar-refractivity contribution in [2.75, 3.05) is 5.32 Å². The lowest BCUT2D eigenvalue weighted by molar-refractivity contribution is 0.104. The fraction of sp³-hybridized carbons (Fsp3) is 0. The van der Waals surface area contributed by atoms with E-state index in [2.05, 4.69) is 10.3 Å². The first-order valence-corrected chi connectivity index (χ1v) is 11.7. The monoisotopic (exact) mass is 466 g/mol. The molecule has 1 aliphatic carbocycles. The van der Waals surface area contributed by atoms with Gasteiger partial charge in [-0.2, -0.15) is 0 Å². The van der Waals surface area contributed by atoms with Crippen molar-refractivity contribution in [2.45, 2.75) is 9.79 Å². The molecule has 0 aliphatic heterocycles. The number of aromatic nitrogens is 1. The largest absolute Gasteiger partial charge is 0.354 e. The molecule has 4 aromatic rings. The van der Waals surface area contributed by atoms with Crippen LogP contribution >= 0.6 is 0 Å². The van der Waals surface area contributed by atoms with Crippen LogP contribution in [0.2, 0.25) is 0 Å². The van der Waals surface area contributed by atoms with Crippen molar-refractivity contribution in [3.8, 4) is 11.1 Å². The molecule has 8 nitrogen and oxygen atoms in total. The van der Waals surface area contributed by atoms with Crippen molar-refractivity contribution in [3.05, 3.63) is 82.1 Å². The molecule has 0 atom stereocenters. The Morgan fingerprint density at radius 2 is 1.44 bits per heavy atom. The number of benzene rings is 3. The van der Waals surface area contributed by atoms with Crippen molar-refractivity contribution in [1.29, 1.82) is 0 Å². The zero-order valence-electron chi connectivity index (χ0n) is 16.1. The molecule has 5 rings (SSSR count). The van der Waals surface area contributed by atoms with Gasteiger partial charge in [-0.1, -0.05) is 24.3 Å². The van der Waals surface area contributed by atoms with Gasteiger partial charge < -0.3 is 10.3 Å². The Hall–Kier alpha value is -3.76. The third kappa shape index (κ3) is 3.12. The summed E-state index contributed by atoms with van der Waals surface area (Å²) in [5.41, 5.74) is 2.60. The zero-order valence-corrected chi connectivity index (χ0v) is 17.9. The Labute approximate surface area is 184 Å². The summed E-state index contributed by atoms with van der Waals surface area (Å²) in [5.74, 6) is -0.277. The normalized spacial score (nSPS) is 12.4. The molecule has 0 fully saturated rings. The van der Waals surface area contributed by atoms with Gasteiger partial charge in [-0.05, 0) is 41.5 Å². The Bertz CT molecular complexity index is 1670. The first-order valence-electron chi connectivity index (χ1n) is 9.39. The number of thiol groups is 2. The van der Waals surface area contributed by atoms with Crippen molar-refractivity contribution in [2.24, 2.45) is 0 Å². The highest BCUT2D eigenvalue weighted by Crippen LogP contribution is 2.41. The molecule has 160 valence electrons. The van der Waals surface area contributed by atoms with Gasteiger partial charge in [-0.3, -0.25) is 9.59 Å². The van der Waals surface area contributed by atoms with Crippen molar-refractivity contribution < 1.29 is 21.6 Å². The number of ketones is 1. The van der Waals surface area contributed by atoms with Crippen LogP contribution in [0.3, 0.4) is 0 Å². The van der Waals surface area contributed by atoms with E-state index in [1.807, 2.05) is 0 Å². The van der Waals surface area contributed by atoms with Crippen LogP contribution in [-0.2, 0) is 21.4 Å². The Kier molecular flexibility index (Phi) is 4.68. The van der Waals surface area contributed by atoms with E-state index in [0.29, 0.717) is 38.8 Å². The lowest BCUT2D eigenvalue weighted by Gasteiger charge is -2.22. The van der Waals surface area contributed by atoms with Gasteiger partial charge in [0, 0.05) is 22.5 Å². The number of rotatable bonds is 4. The molecule has 0 bridgehead atoms. The van der Waals surface area contributed by atoms with Crippen molar-refractivity contribution >= 4 is 49.5 Å². The summed E-state index contributed by atoms with van der Waals surface area (Å²) in [7, 11) is -6.07. The number of anilines is 2. The maximum atomic E-state index is 13.4. The average molecular weight is 466 g/mol. The Morgan fingerprint density at radius 1 is 0.719 bits per heavy atom. The van der Waals surface area contributed by atoms with E-state index in [1.165, 1.54) is 18.2 Å². The van der Waals surface area contributed by atoms with Crippen LogP contribution in [0.1, 0.15) is 15.9 Å². The topological polar surface area (TPSA) is 130 Å². The standard InChI is InChI=1S/C22H14N2O6S2/c25-19-10-14-12-3-1-2-4-13(12)22(26)21-17(8-7-16(24-19)20(14)21)23-15-6-5-11(31(27)28)9-18(15)32(29)30/h1-10,23,31-32H,(H,24,25). The van der Waals surface area contributed by atoms with E-state index in [0.717, 1.165) is 6.07 Å². The highest BCUT2D eigenvalue weighted by Gasteiger charge is 2.28.